The van der Waals surface area contributed by atoms with Crippen molar-refractivity contribution in [1.29, 1.82) is 0 Å². The number of hydrogen-bond donors (Lipinski definition) is 0. The van der Waals surface area contributed by atoms with E-state index in [0.29, 0.717) is 6.61 Å². The summed E-state index contributed by atoms with van der Waals surface area (Å²) in [5.41, 5.74) is 0. The third-order valence-corrected chi connectivity index (χ3v) is 7.17. The van der Waals surface area contributed by atoms with Gasteiger partial charge in [0.1, 0.15) is 0 Å². The van der Waals surface area contributed by atoms with E-state index in [1.807, 2.05) is 34.6 Å². The topological polar surface area (TPSA) is 27.7 Å². The minimum atomic E-state index is -2.53. The van der Waals surface area contributed by atoms with Gasteiger partial charge in [-0.2, -0.15) is 0 Å². The zero-order chi connectivity index (χ0) is 9.56. The molecule has 0 bridgehead atoms. The molecule has 72 valence electrons. The van der Waals surface area contributed by atoms with Crippen molar-refractivity contribution >= 4 is 22.7 Å². The molecule has 0 amide bonds. The van der Waals surface area contributed by atoms with Gasteiger partial charge >= 0.3 is 84.7 Å². The van der Waals surface area contributed by atoms with Crippen molar-refractivity contribution < 1.29 is 8.56 Å². The van der Waals surface area contributed by atoms with Crippen LogP contribution in [0.4, 0.5) is 0 Å². The molecule has 0 spiro atoms. The van der Waals surface area contributed by atoms with Gasteiger partial charge in [0.05, 0.1) is 0 Å². The second-order valence-electron chi connectivity index (χ2n) is 3.11. The molecule has 0 aromatic heterocycles. The van der Waals surface area contributed by atoms with Crippen molar-refractivity contribution in [2.75, 3.05) is 6.61 Å². The van der Waals surface area contributed by atoms with Crippen molar-refractivity contribution in [3.05, 3.63) is 0 Å². The molecule has 0 aromatic carbocycles. The molecule has 12 heavy (non-hydrogen) atoms. The van der Waals surface area contributed by atoms with Crippen LogP contribution in [0.15, 0.2) is 0 Å². The second kappa shape index (κ2) is 7.18. The normalized spacial score (nSPS) is 11.2. The molecule has 0 atom stereocenters. The molecule has 0 unspecified atom stereocenters. The standard InChI is InChI=1S/2C3H7O.C2H5O.In/c2*1-3(2)4;1-2-3;/h2*3H,1-2H3;2H2,1H3;/q3*-1;+3. The van der Waals surface area contributed by atoms with E-state index in [9.17, 15) is 0 Å². The number of hydrogen-bond acceptors (Lipinski definition) is 3. The Bertz CT molecular complexity index is 96.5. The van der Waals surface area contributed by atoms with Crippen molar-refractivity contribution in [1.82, 2.24) is 0 Å². The molecule has 0 N–H and O–H groups in total. The third kappa shape index (κ3) is 7.40. The van der Waals surface area contributed by atoms with Gasteiger partial charge in [-0.15, -0.1) is 0 Å². The Kier molecular flexibility index (Phi) is 7.63. The van der Waals surface area contributed by atoms with Gasteiger partial charge in [-0.05, 0) is 0 Å². The monoisotopic (exact) mass is 278 g/mol. The van der Waals surface area contributed by atoms with Gasteiger partial charge in [0, 0.05) is 0 Å². The molecule has 0 fully saturated rings. The Hall–Kier alpha value is 0.750. The fraction of sp³-hybridized carbons (Fsp3) is 1.00. The third-order valence-electron chi connectivity index (χ3n) is 1.07. The van der Waals surface area contributed by atoms with Gasteiger partial charge in [0.25, 0.3) is 0 Å². The summed E-state index contributed by atoms with van der Waals surface area (Å²) in [6, 6.07) is 0. The SMILES string of the molecule is CC[O][In]([O]C(C)C)[O]C(C)C. The van der Waals surface area contributed by atoms with Crippen LogP contribution in [-0.2, 0) is 8.56 Å². The number of rotatable bonds is 6. The zero-order valence-electron chi connectivity index (χ0n) is 8.66. The molecule has 0 aliphatic rings. The summed E-state index contributed by atoms with van der Waals surface area (Å²) in [6.07, 6.45) is 0.437. The van der Waals surface area contributed by atoms with Gasteiger partial charge in [0.15, 0.2) is 0 Å². The molecule has 4 heteroatoms. The van der Waals surface area contributed by atoms with Crippen LogP contribution in [0.2, 0.25) is 0 Å². The summed E-state index contributed by atoms with van der Waals surface area (Å²) in [5, 5.41) is 0. The molecule has 0 saturated heterocycles. The van der Waals surface area contributed by atoms with Crippen LogP contribution >= 0.6 is 0 Å². The molecule has 0 aliphatic heterocycles. The second-order valence-corrected chi connectivity index (χ2v) is 7.27. The first-order chi connectivity index (χ1) is 5.56. The Morgan fingerprint density at radius 3 is 1.67 bits per heavy atom. The van der Waals surface area contributed by atoms with Gasteiger partial charge in [0.2, 0.25) is 0 Å². The molecular weight excluding hydrogens is 259 g/mol. The van der Waals surface area contributed by atoms with Crippen LogP contribution in [0.3, 0.4) is 0 Å². The van der Waals surface area contributed by atoms with Gasteiger partial charge in [-0.3, -0.25) is 0 Å². The first-order valence-corrected chi connectivity index (χ1v) is 8.52. The van der Waals surface area contributed by atoms with E-state index >= 15 is 0 Å². The molecule has 0 radical (unpaired) electrons. The predicted molar refractivity (Wildman–Crippen MR) is 49.8 cm³/mol. The van der Waals surface area contributed by atoms with Crippen LogP contribution in [-0.4, -0.2) is 41.6 Å². The van der Waals surface area contributed by atoms with E-state index < -0.39 is 22.7 Å². The summed E-state index contributed by atoms with van der Waals surface area (Å²) in [6.45, 7) is 10.7. The maximum absolute atomic E-state index is 5.57. The summed E-state index contributed by atoms with van der Waals surface area (Å²) in [4.78, 5) is 0. The Morgan fingerprint density at radius 1 is 1.00 bits per heavy atom. The maximum atomic E-state index is 5.57. The van der Waals surface area contributed by atoms with Crippen LogP contribution in [0.5, 0.6) is 0 Å². The fourth-order valence-corrected chi connectivity index (χ4v) is 4.64. The quantitative estimate of drug-likeness (QED) is 0.742. The van der Waals surface area contributed by atoms with E-state index in [2.05, 4.69) is 0 Å². The Labute approximate surface area is 84.7 Å². The molecule has 3 nitrogen and oxygen atoms in total. The summed E-state index contributed by atoms with van der Waals surface area (Å²) >= 11 is -2.53. The van der Waals surface area contributed by atoms with Crippen molar-refractivity contribution in [3.8, 4) is 0 Å². The fourth-order valence-electron chi connectivity index (χ4n) is 0.691. The molecule has 0 heterocycles. The Morgan fingerprint density at radius 2 is 1.42 bits per heavy atom. The zero-order valence-corrected chi connectivity index (χ0v) is 12.0. The van der Waals surface area contributed by atoms with Gasteiger partial charge in [-0.1, -0.05) is 0 Å². The van der Waals surface area contributed by atoms with E-state index in [-0.39, 0.29) is 12.2 Å². The average molecular weight is 278 g/mol. The average Bonchev–Trinajstić information content (AvgIpc) is 1.84. The van der Waals surface area contributed by atoms with E-state index in [1.54, 1.807) is 0 Å². The first kappa shape index (κ1) is 12.8. The van der Waals surface area contributed by atoms with Gasteiger partial charge in [-0.25, -0.2) is 0 Å². The van der Waals surface area contributed by atoms with Crippen LogP contribution in [0.25, 0.3) is 0 Å². The van der Waals surface area contributed by atoms with E-state index in [4.69, 9.17) is 8.56 Å². The van der Waals surface area contributed by atoms with Crippen LogP contribution in [0, 0.1) is 0 Å². The summed E-state index contributed by atoms with van der Waals surface area (Å²) < 4.78 is 16.6. The predicted octanol–water partition coefficient (Wildman–Crippen LogP) is 1.86. The summed E-state index contributed by atoms with van der Waals surface area (Å²) in [7, 11) is 0. The van der Waals surface area contributed by atoms with Crippen molar-refractivity contribution in [2.45, 2.75) is 46.8 Å². The Balaban J connectivity index is 3.69. The van der Waals surface area contributed by atoms with Crippen molar-refractivity contribution in [2.24, 2.45) is 0 Å². The first-order valence-electron chi connectivity index (χ1n) is 4.48. The van der Waals surface area contributed by atoms with Crippen LogP contribution in [0.1, 0.15) is 34.6 Å². The van der Waals surface area contributed by atoms with Crippen molar-refractivity contribution in [3.63, 3.8) is 0 Å². The molecular formula is C8H19InO3. The molecule has 0 aromatic rings. The molecule has 0 rings (SSSR count). The molecule has 0 saturated carbocycles. The summed E-state index contributed by atoms with van der Waals surface area (Å²) in [5.74, 6) is 0. The molecule has 0 aliphatic carbocycles. The van der Waals surface area contributed by atoms with Crippen LogP contribution < -0.4 is 0 Å². The minimum absolute atomic E-state index is 0.219. The van der Waals surface area contributed by atoms with E-state index in [0.717, 1.165) is 0 Å². The van der Waals surface area contributed by atoms with Gasteiger partial charge < -0.3 is 0 Å². The van der Waals surface area contributed by atoms with E-state index in [1.165, 1.54) is 0 Å².